The van der Waals surface area contributed by atoms with Gasteiger partial charge in [0.1, 0.15) is 23.7 Å². The summed E-state index contributed by atoms with van der Waals surface area (Å²) in [5.74, 6) is -3.21. The average Bonchev–Trinajstić information content (AvgIpc) is 4.17. The van der Waals surface area contributed by atoms with Gasteiger partial charge in [-0.2, -0.15) is 8.78 Å². The molecule has 0 saturated carbocycles. The fourth-order valence-corrected chi connectivity index (χ4v) is 9.59. The molecule has 6 aromatic rings. The first kappa shape index (κ1) is 45.0. The number of carbonyl (C=O) groups is 4. The first-order valence-corrected chi connectivity index (χ1v) is 22.5. The van der Waals surface area contributed by atoms with E-state index in [4.69, 9.17) is 19.2 Å². The lowest BCUT2D eigenvalue weighted by atomic mass is 9.90. The van der Waals surface area contributed by atoms with E-state index in [1.165, 1.54) is 26.4 Å². The number of hydrogen-bond acceptors (Lipinski definition) is 9. The van der Waals surface area contributed by atoms with E-state index < -0.39 is 36.2 Å². The molecule has 4 atom stereocenters. The molecule has 2 saturated heterocycles. The van der Waals surface area contributed by atoms with Gasteiger partial charge in [-0.05, 0) is 89.6 Å². The molecule has 0 bridgehead atoms. The van der Waals surface area contributed by atoms with Crippen LogP contribution in [0.15, 0.2) is 91.1 Å². The highest BCUT2D eigenvalue weighted by atomic mass is 19.3. The van der Waals surface area contributed by atoms with Crippen molar-refractivity contribution >= 4 is 35.0 Å². The van der Waals surface area contributed by atoms with Crippen LogP contribution in [0.2, 0.25) is 0 Å². The number of nitrogens with one attached hydrogen (secondary N) is 5. The molecule has 17 heteroatoms. The minimum atomic E-state index is -3.32. The maximum Gasteiger partial charge on any atom is 0.407 e. The Kier molecular flexibility index (Phi) is 12.5. The summed E-state index contributed by atoms with van der Waals surface area (Å²) in [4.78, 5) is 70.2. The van der Waals surface area contributed by atoms with Gasteiger partial charge < -0.3 is 45.0 Å². The van der Waals surface area contributed by atoms with Crippen molar-refractivity contribution < 1.29 is 42.2 Å². The number of amides is 4. The Morgan fingerprint density at radius 1 is 0.806 bits per heavy atom. The largest absolute Gasteiger partial charge is 0.453 e. The van der Waals surface area contributed by atoms with Crippen molar-refractivity contribution in [2.24, 2.45) is 11.8 Å². The van der Waals surface area contributed by atoms with Crippen molar-refractivity contribution in [1.82, 2.24) is 40.8 Å². The number of aromatic nitrogens is 4. The molecule has 1 aliphatic carbocycles. The number of rotatable bonds is 12. The number of aromatic amines is 2. The minimum absolute atomic E-state index is 0.108. The van der Waals surface area contributed by atoms with E-state index in [9.17, 15) is 19.2 Å². The third-order valence-electron chi connectivity index (χ3n) is 13.2. The van der Waals surface area contributed by atoms with Crippen molar-refractivity contribution in [1.29, 1.82) is 0 Å². The number of ether oxygens (including phenoxy) is 3. The quantitative estimate of drug-likeness (QED) is 0.0801. The number of hydrogen-bond donors (Lipinski definition) is 5. The maximum absolute atomic E-state index is 16.6. The monoisotopic (exact) mass is 914 g/mol. The number of methoxy groups -OCH3 is 2. The smallest absolute Gasteiger partial charge is 0.407 e. The van der Waals surface area contributed by atoms with Crippen LogP contribution in [-0.4, -0.2) is 88.9 Å². The van der Waals surface area contributed by atoms with E-state index in [-0.39, 0.29) is 40.8 Å². The summed E-state index contributed by atoms with van der Waals surface area (Å²) in [7, 11) is 2.49. The van der Waals surface area contributed by atoms with E-state index in [1.807, 2.05) is 44.2 Å². The molecule has 2 unspecified atom stereocenters. The molecule has 0 radical (unpaired) electrons. The van der Waals surface area contributed by atoms with E-state index in [0.29, 0.717) is 101 Å². The third kappa shape index (κ3) is 8.82. The Morgan fingerprint density at radius 3 is 2.16 bits per heavy atom. The summed E-state index contributed by atoms with van der Waals surface area (Å²) in [6, 6.07) is 21.9. The van der Waals surface area contributed by atoms with Gasteiger partial charge in [-0.3, -0.25) is 9.59 Å². The van der Waals surface area contributed by atoms with E-state index in [1.54, 1.807) is 53.6 Å². The van der Waals surface area contributed by atoms with Crippen LogP contribution in [0.1, 0.15) is 86.0 Å². The first-order chi connectivity index (χ1) is 32.3. The number of H-pyrrole nitrogens is 2. The topological polar surface area (TPSA) is 193 Å². The Hall–Kier alpha value is -7.14. The number of likely N-dealkylation sites (tertiary alicyclic amines) is 1. The van der Waals surface area contributed by atoms with Crippen molar-refractivity contribution in [2.45, 2.75) is 69.6 Å². The van der Waals surface area contributed by atoms with E-state index in [2.05, 4.69) is 30.9 Å². The van der Waals surface area contributed by atoms with Crippen LogP contribution < -0.4 is 16.0 Å². The Labute approximate surface area is 385 Å². The van der Waals surface area contributed by atoms with Crippen molar-refractivity contribution in [2.75, 3.05) is 34.0 Å². The van der Waals surface area contributed by atoms with Gasteiger partial charge in [-0.1, -0.05) is 74.5 Å². The second-order valence-electron chi connectivity index (χ2n) is 17.6. The molecule has 15 nitrogen and oxygen atoms in total. The van der Waals surface area contributed by atoms with Gasteiger partial charge in [0.25, 0.3) is 11.8 Å². The fourth-order valence-electron chi connectivity index (χ4n) is 9.59. The number of alkyl halides is 2. The van der Waals surface area contributed by atoms with Crippen LogP contribution in [0.3, 0.4) is 0 Å². The summed E-state index contributed by atoms with van der Waals surface area (Å²) in [5.41, 5.74) is 4.93. The van der Waals surface area contributed by atoms with Gasteiger partial charge in [-0.25, -0.2) is 19.6 Å². The lowest BCUT2D eigenvalue weighted by Crippen LogP contribution is -2.53. The van der Waals surface area contributed by atoms with Crippen molar-refractivity contribution in [3.63, 3.8) is 0 Å². The summed E-state index contributed by atoms with van der Waals surface area (Å²) in [5, 5.41) is 8.43. The van der Waals surface area contributed by atoms with Gasteiger partial charge in [0, 0.05) is 36.4 Å². The summed E-state index contributed by atoms with van der Waals surface area (Å²) >= 11 is 0. The standard InChI is InChI=1S/C50H52F2N8O7/c1-27(2)41(57-46(61)42(58-48(63)65-3)29-18-21-67-22-19-29)45-53-26-39(56-45)32-13-16-34-33-15-12-30(23-35(33)50(51,52)36(34)24-32)31-14-17-37-38(25-31)55-44(54-37)40-11-8-20-60(40)47(62)43(59-49(64)66-4)28-9-6-5-7-10-28/h5-7,9-10,12-17,23-27,29,40-43H,8,11,18-22H2,1-4H3,(H,53,56)(H,54,55)(H,57,61)(H,58,63)(H,59,64)/t40-,41?,42?,43+/m0/s1. The van der Waals surface area contributed by atoms with Gasteiger partial charge in [0.15, 0.2) is 0 Å². The van der Waals surface area contributed by atoms with Crippen LogP contribution in [0.5, 0.6) is 0 Å². The highest BCUT2D eigenvalue weighted by Crippen LogP contribution is 2.53. The van der Waals surface area contributed by atoms with Crippen LogP contribution >= 0.6 is 0 Å². The van der Waals surface area contributed by atoms with Crippen LogP contribution in [0, 0.1) is 11.8 Å². The Bertz CT molecular complexity index is 2820. The van der Waals surface area contributed by atoms with Crippen molar-refractivity contribution in [3.05, 3.63) is 119 Å². The molecule has 3 aliphatic rings. The highest BCUT2D eigenvalue weighted by molar-refractivity contribution is 5.89. The second kappa shape index (κ2) is 18.6. The second-order valence-corrected chi connectivity index (χ2v) is 17.6. The highest BCUT2D eigenvalue weighted by Gasteiger charge is 2.45. The number of carbonyl (C=O) groups excluding carboxylic acids is 4. The van der Waals surface area contributed by atoms with Gasteiger partial charge in [0.05, 0.1) is 49.2 Å². The lowest BCUT2D eigenvalue weighted by molar-refractivity contribution is -0.134. The average molecular weight is 915 g/mol. The third-order valence-corrected chi connectivity index (χ3v) is 13.2. The number of nitrogens with zero attached hydrogens (tertiary/aromatic N) is 3. The van der Waals surface area contributed by atoms with E-state index >= 15 is 8.78 Å². The number of fused-ring (bicyclic) bond motifs is 4. The molecule has 0 spiro atoms. The predicted molar refractivity (Wildman–Crippen MR) is 245 cm³/mol. The first-order valence-electron chi connectivity index (χ1n) is 22.5. The Morgan fingerprint density at radius 2 is 1.46 bits per heavy atom. The Balaban J connectivity index is 0.931. The summed E-state index contributed by atoms with van der Waals surface area (Å²) in [6.07, 6.45) is 2.74. The fraction of sp³-hybridized carbons (Fsp3) is 0.360. The molecular formula is C50H52F2N8O7. The van der Waals surface area contributed by atoms with E-state index in [0.717, 1.165) is 6.42 Å². The predicted octanol–water partition coefficient (Wildman–Crippen LogP) is 8.47. The normalized spacial score (nSPS) is 17.9. The zero-order valence-corrected chi connectivity index (χ0v) is 37.5. The van der Waals surface area contributed by atoms with Gasteiger partial charge >= 0.3 is 12.2 Å². The lowest BCUT2D eigenvalue weighted by Gasteiger charge is -2.31. The maximum atomic E-state index is 16.6. The molecule has 2 aliphatic heterocycles. The van der Waals surface area contributed by atoms with Gasteiger partial charge in [-0.15, -0.1) is 0 Å². The van der Waals surface area contributed by atoms with Crippen molar-refractivity contribution in [3.8, 4) is 33.5 Å². The zero-order valence-electron chi connectivity index (χ0n) is 37.5. The summed E-state index contributed by atoms with van der Waals surface area (Å²) < 4.78 is 48.4. The molecule has 4 amide bonds. The molecule has 2 fully saturated rings. The van der Waals surface area contributed by atoms with Crippen LogP contribution in [0.4, 0.5) is 18.4 Å². The molecule has 5 N–H and O–H groups in total. The number of imidazole rings is 2. The number of benzene rings is 4. The van der Waals surface area contributed by atoms with Crippen LogP contribution in [0.25, 0.3) is 44.5 Å². The molecule has 67 heavy (non-hydrogen) atoms. The molecule has 348 valence electrons. The molecule has 4 aromatic carbocycles. The molecular weight excluding hydrogens is 863 g/mol. The minimum Gasteiger partial charge on any atom is -0.453 e. The van der Waals surface area contributed by atoms with Crippen LogP contribution in [-0.2, 0) is 29.7 Å². The number of alkyl carbamates (subject to hydrolysis) is 2. The van der Waals surface area contributed by atoms with Gasteiger partial charge in [0.2, 0.25) is 5.91 Å². The molecule has 2 aromatic heterocycles. The SMILES string of the molecule is COC(=O)NC(C(=O)NC(c1ncc(-c2ccc3c(c2)C(F)(F)c2cc(-c4ccc5nc([C@@H]6CCCN6C(=O)[C@H](NC(=O)OC)c6ccccc6)[nH]c5c4)ccc2-3)[nH]1)C(C)C)C1CCOCC1. The molecule has 4 heterocycles. The summed E-state index contributed by atoms with van der Waals surface area (Å²) in [6.45, 7) is 5.29. The number of halogens is 2. The molecule has 9 rings (SSSR count). The zero-order chi connectivity index (χ0) is 47.0.